The van der Waals surface area contributed by atoms with Crippen LogP contribution < -0.4 is 11.2 Å². The molecule has 0 saturated carbocycles. The molecular weight excluding hydrogens is 316 g/mol. The minimum atomic E-state index is -3.26. The predicted octanol–water partition coefficient (Wildman–Crippen LogP) is 1.04. The van der Waals surface area contributed by atoms with E-state index in [1.165, 1.54) is 4.57 Å². The fourth-order valence-electron chi connectivity index (χ4n) is 2.43. The molecule has 1 aromatic carbocycles. The lowest BCUT2D eigenvalue weighted by Crippen LogP contribution is -2.40. The molecule has 0 fully saturated rings. The summed E-state index contributed by atoms with van der Waals surface area (Å²) in [5, 5.41) is 0.411. The quantitative estimate of drug-likeness (QED) is 0.838. The van der Waals surface area contributed by atoms with Gasteiger partial charge >= 0.3 is 5.69 Å². The molecule has 1 aromatic heterocycles. The Morgan fingerprint density at radius 1 is 1.13 bits per heavy atom. The molecular formula is C16H22N2O4S. The van der Waals surface area contributed by atoms with E-state index in [9.17, 15) is 18.0 Å². The second-order valence-corrected chi connectivity index (χ2v) is 9.17. The first kappa shape index (κ1) is 17.5. The molecule has 23 heavy (non-hydrogen) atoms. The van der Waals surface area contributed by atoms with Crippen molar-refractivity contribution in [3.8, 4) is 0 Å². The molecule has 1 heterocycles. The summed E-state index contributed by atoms with van der Waals surface area (Å²) in [5.41, 5.74) is 0.524. The fourth-order valence-corrected chi connectivity index (χ4v) is 2.94. The summed E-state index contributed by atoms with van der Waals surface area (Å²) in [5.74, 6) is -0.242. The van der Waals surface area contributed by atoms with Crippen molar-refractivity contribution in [2.45, 2.75) is 32.7 Å². The van der Waals surface area contributed by atoms with E-state index in [0.29, 0.717) is 10.9 Å². The highest BCUT2D eigenvalue weighted by atomic mass is 32.2. The molecule has 0 spiro atoms. The number of benzene rings is 1. The number of hydrogen-bond acceptors (Lipinski definition) is 4. The molecule has 0 radical (unpaired) electrons. The lowest BCUT2D eigenvalue weighted by molar-refractivity contribution is 0.582. The zero-order chi connectivity index (χ0) is 17.6. The maximum atomic E-state index is 12.5. The van der Waals surface area contributed by atoms with Gasteiger partial charge in [0, 0.05) is 19.8 Å². The van der Waals surface area contributed by atoms with Gasteiger partial charge in [0.15, 0.2) is 0 Å². The molecule has 0 saturated heterocycles. The molecule has 0 atom stereocenters. The van der Waals surface area contributed by atoms with E-state index in [0.717, 1.165) is 16.4 Å². The predicted molar refractivity (Wildman–Crippen MR) is 91.9 cm³/mol. The van der Waals surface area contributed by atoms with Gasteiger partial charge in [0.05, 0.1) is 16.7 Å². The summed E-state index contributed by atoms with van der Waals surface area (Å²) in [6, 6.07) is 5.42. The van der Waals surface area contributed by atoms with Crippen molar-refractivity contribution in [2.24, 2.45) is 7.05 Å². The Labute approximate surface area is 135 Å². The van der Waals surface area contributed by atoms with Crippen molar-refractivity contribution in [1.82, 2.24) is 9.13 Å². The molecule has 0 aliphatic rings. The van der Waals surface area contributed by atoms with Crippen LogP contribution in [0, 0.1) is 0 Å². The number of aromatic nitrogens is 2. The van der Waals surface area contributed by atoms with Crippen molar-refractivity contribution in [3.63, 3.8) is 0 Å². The molecule has 2 aromatic rings. The highest BCUT2D eigenvalue weighted by Gasteiger charge is 2.17. The van der Waals surface area contributed by atoms with Crippen LogP contribution in [0.1, 0.15) is 26.3 Å². The molecule has 7 heteroatoms. The number of aryl methyl sites for hydroxylation is 1. The average Bonchev–Trinajstić information content (AvgIpc) is 2.42. The van der Waals surface area contributed by atoms with Gasteiger partial charge in [0.25, 0.3) is 5.56 Å². The lowest BCUT2D eigenvalue weighted by Gasteiger charge is -2.20. The highest BCUT2D eigenvalue weighted by molar-refractivity contribution is 7.90. The Hall–Kier alpha value is -1.89. The lowest BCUT2D eigenvalue weighted by atomic mass is 9.86. The van der Waals surface area contributed by atoms with E-state index in [1.807, 2.05) is 12.1 Å². The third-order valence-electron chi connectivity index (χ3n) is 3.90. The first-order valence-electron chi connectivity index (χ1n) is 7.33. The molecule has 0 aliphatic heterocycles. The topological polar surface area (TPSA) is 78.1 Å². The molecule has 0 unspecified atom stereocenters. The van der Waals surface area contributed by atoms with E-state index in [4.69, 9.17) is 0 Å². The van der Waals surface area contributed by atoms with E-state index in [2.05, 4.69) is 20.8 Å². The first-order chi connectivity index (χ1) is 10.4. The summed E-state index contributed by atoms with van der Waals surface area (Å²) in [4.78, 5) is 24.9. The minimum Gasteiger partial charge on any atom is -0.296 e. The molecule has 0 N–H and O–H groups in total. The van der Waals surface area contributed by atoms with Crippen LogP contribution in [-0.4, -0.2) is 29.6 Å². The summed E-state index contributed by atoms with van der Waals surface area (Å²) < 4.78 is 25.0. The summed E-state index contributed by atoms with van der Waals surface area (Å²) in [7, 11) is -1.67. The van der Waals surface area contributed by atoms with E-state index >= 15 is 0 Å². The van der Waals surface area contributed by atoms with E-state index < -0.39 is 21.1 Å². The molecule has 0 aliphatic carbocycles. The Bertz CT molecular complexity index is 976. The summed E-state index contributed by atoms with van der Waals surface area (Å²) in [6.07, 6.45) is 1.08. The van der Waals surface area contributed by atoms with Gasteiger partial charge in [-0.25, -0.2) is 13.2 Å². The van der Waals surface area contributed by atoms with Gasteiger partial charge in [0.1, 0.15) is 9.84 Å². The SMILES string of the molecule is Cn1c(=O)n(CCS(C)(=O)=O)c(=O)c2ccc(C(C)(C)C)cc21. The van der Waals surface area contributed by atoms with Crippen molar-refractivity contribution in [3.05, 3.63) is 44.6 Å². The number of hydrogen-bond donors (Lipinski definition) is 0. The van der Waals surface area contributed by atoms with Gasteiger partial charge in [-0.3, -0.25) is 13.9 Å². The Morgan fingerprint density at radius 2 is 1.74 bits per heavy atom. The van der Waals surface area contributed by atoms with Gasteiger partial charge in [-0.1, -0.05) is 26.8 Å². The van der Waals surface area contributed by atoms with Crippen LogP contribution in [0.2, 0.25) is 0 Å². The van der Waals surface area contributed by atoms with Crippen LogP contribution in [0.4, 0.5) is 0 Å². The Balaban J connectivity index is 2.72. The second kappa shape index (κ2) is 5.63. The smallest absolute Gasteiger partial charge is 0.296 e. The Morgan fingerprint density at radius 3 is 2.26 bits per heavy atom. The van der Waals surface area contributed by atoms with Crippen LogP contribution in [0.25, 0.3) is 10.9 Å². The Kier molecular flexibility index (Phi) is 4.28. The third kappa shape index (κ3) is 3.55. The van der Waals surface area contributed by atoms with Gasteiger partial charge < -0.3 is 0 Å². The summed E-state index contributed by atoms with van der Waals surface area (Å²) in [6.45, 7) is 6.03. The molecule has 0 amide bonds. The average molecular weight is 338 g/mol. The monoisotopic (exact) mass is 338 g/mol. The van der Waals surface area contributed by atoms with E-state index in [-0.39, 0.29) is 17.7 Å². The van der Waals surface area contributed by atoms with E-state index in [1.54, 1.807) is 13.1 Å². The van der Waals surface area contributed by atoms with Crippen LogP contribution in [-0.2, 0) is 28.8 Å². The number of fused-ring (bicyclic) bond motifs is 1. The zero-order valence-electron chi connectivity index (χ0n) is 14.1. The third-order valence-corrected chi connectivity index (χ3v) is 4.83. The van der Waals surface area contributed by atoms with Crippen LogP contribution >= 0.6 is 0 Å². The first-order valence-corrected chi connectivity index (χ1v) is 9.39. The molecule has 0 bridgehead atoms. The highest BCUT2D eigenvalue weighted by Crippen LogP contribution is 2.24. The van der Waals surface area contributed by atoms with Gasteiger partial charge in [-0.05, 0) is 23.1 Å². The van der Waals surface area contributed by atoms with Crippen molar-refractivity contribution in [2.75, 3.05) is 12.0 Å². The van der Waals surface area contributed by atoms with Crippen LogP contribution in [0.3, 0.4) is 0 Å². The number of sulfone groups is 1. The van der Waals surface area contributed by atoms with Crippen molar-refractivity contribution >= 4 is 20.7 Å². The van der Waals surface area contributed by atoms with Crippen molar-refractivity contribution < 1.29 is 8.42 Å². The fraction of sp³-hybridized carbons (Fsp3) is 0.500. The van der Waals surface area contributed by atoms with Gasteiger partial charge in [0.2, 0.25) is 0 Å². The number of nitrogens with zero attached hydrogens (tertiary/aromatic N) is 2. The largest absolute Gasteiger partial charge is 0.331 e. The minimum absolute atomic E-state index is 0.102. The van der Waals surface area contributed by atoms with Crippen LogP contribution in [0.15, 0.2) is 27.8 Å². The molecule has 2 rings (SSSR count). The standard InChI is InChI=1S/C16H22N2O4S/c1-16(2,3)11-6-7-12-13(10-11)17(4)15(20)18(14(12)19)8-9-23(5,21)22/h6-7,10H,8-9H2,1-5H3. The molecule has 6 nitrogen and oxygen atoms in total. The van der Waals surface area contributed by atoms with Crippen LogP contribution in [0.5, 0.6) is 0 Å². The normalized spacial score (nSPS) is 12.7. The summed E-state index contributed by atoms with van der Waals surface area (Å²) >= 11 is 0. The maximum absolute atomic E-state index is 12.5. The second-order valence-electron chi connectivity index (χ2n) is 6.91. The maximum Gasteiger partial charge on any atom is 0.331 e. The van der Waals surface area contributed by atoms with Gasteiger partial charge in [-0.2, -0.15) is 0 Å². The van der Waals surface area contributed by atoms with Crippen molar-refractivity contribution in [1.29, 1.82) is 0 Å². The number of rotatable bonds is 3. The molecule has 126 valence electrons. The van der Waals surface area contributed by atoms with Gasteiger partial charge in [-0.15, -0.1) is 0 Å². The zero-order valence-corrected chi connectivity index (χ0v) is 14.9.